The fraction of sp³-hybridized carbons (Fsp3) is 0.350. The van der Waals surface area contributed by atoms with Crippen LogP contribution in [0.3, 0.4) is 0 Å². The normalized spacial score (nSPS) is 28.2. The van der Waals surface area contributed by atoms with Crippen molar-refractivity contribution >= 4 is 38.1 Å². The highest BCUT2D eigenvalue weighted by atomic mass is 79.9. The second-order valence-electron chi connectivity index (χ2n) is 6.80. The van der Waals surface area contributed by atoms with E-state index in [-0.39, 0.29) is 6.10 Å². The quantitative estimate of drug-likeness (QED) is 0.475. The number of halogens is 2. The number of ether oxygens (including phenoxy) is 1. The Morgan fingerprint density at radius 1 is 1.20 bits per heavy atom. The predicted octanol–water partition coefficient (Wildman–Crippen LogP) is 4.68. The minimum Gasteiger partial charge on any atom is -0.488 e. The lowest BCUT2D eigenvalue weighted by molar-refractivity contribution is 0.0700. The Hall–Kier alpha value is -1.17. The summed E-state index contributed by atoms with van der Waals surface area (Å²) >= 11 is 7.30. The zero-order valence-electron chi connectivity index (χ0n) is 13.6. The van der Waals surface area contributed by atoms with Crippen LogP contribution in [0, 0.1) is 5.92 Å². The maximum absolute atomic E-state index is 11.4. The van der Waals surface area contributed by atoms with E-state index in [1.165, 1.54) is 5.56 Å². The van der Waals surface area contributed by atoms with Crippen molar-refractivity contribution in [2.75, 3.05) is 6.54 Å². The minimum absolute atomic E-state index is 0.103. The fourth-order valence-corrected chi connectivity index (χ4v) is 5.51. The van der Waals surface area contributed by atoms with Crippen molar-refractivity contribution in [1.29, 1.82) is 0 Å². The van der Waals surface area contributed by atoms with Crippen molar-refractivity contribution in [3.05, 3.63) is 64.1 Å². The lowest BCUT2D eigenvalue weighted by atomic mass is 10.1. The molecule has 25 heavy (non-hydrogen) atoms. The number of rotatable bonds is 5. The lowest BCUT2D eigenvalue weighted by Gasteiger charge is -2.33. The fourth-order valence-electron chi connectivity index (χ4n) is 4.07. The van der Waals surface area contributed by atoms with Gasteiger partial charge in [-0.2, -0.15) is 0 Å². The molecule has 0 N–H and O–H groups in total. The van der Waals surface area contributed by atoms with Crippen LogP contribution in [0.25, 0.3) is 0 Å². The first-order valence-corrected chi connectivity index (χ1v) is 10.2. The molecule has 4 rings (SSSR count). The first-order chi connectivity index (χ1) is 12.2. The summed E-state index contributed by atoms with van der Waals surface area (Å²) in [4.78, 5) is 14.3. The van der Waals surface area contributed by atoms with Gasteiger partial charge in [-0.15, -0.1) is 0 Å². The largest absolute Gasteiger partial charge is 0.488 e. The summed E-state index contributed by atoms with van der Waals surface area (Å²) in [5.74, 6) is 1.27. The maximum atomic E-state index is 11.4. The average molecular weight is 465 g/mol. The second-order valence-corrected chi connectivity index (χ2v) is 8.78. The lowest BCUT2D eigenvalue weighted by Crippen LogP contribution is -2.44. The molecule has 5 heteroatoms. The molecule has 2 fully saturated rings. The number of alkyl halides is 1. The van der Waals surface area contributed by atoms with E-state index in [9.17, 15) is 4.79 Å². The van der Waals surface area contributed by atoms with E-state index in [4.69, 9.17) is 4.74 Å². The first-order valence-electron chi connectivity index (χ1n) is 8.49. The molecule has 2 aromatic rings. The van der Waals surface area contributed by atoms with Gasteiger partial charge < -0.3 is 4.74 Å². The molecule has 130 valence electrons. The molecule has 0 radical (unpaired) electrons. The van der Waals surface area contributed by atoms with Crippen LogP contribution in [0.1, 0.15) is 22.3 Å². The molecular weight excluding hydrogens is 446 g/mol. The number of hydrogen-bond acceptors (Lipinski definition) is 3. The van der Waals surface area contributed by atoms with Gasteiger partial charge in [0.15, 0.2) is 6.29 Å². The molecule has 1 aliphatic carbocycles. The summed E-state index contributed by atoms with van der Waals surface area (Å²) in [5.41, 5.74) is 1.92. The molecule has 2 aliphatic rings. The summed E-state index contributed by atoms with van der Waals surface area (Å²) in [6.07, 6.45) is 1.99. The predicted molar refractivity (Wildman–Crippen MR) is 105 cm³/mol. The van der Waals surface area contributed by atoms with Gasteiger partial charge in [-0.05, 0) is 36.1 Å². The molecule has 4 atom stereocenters. The molecule has 1 saturated carbocycles. The summed E-state index contributed by atoms with van der Waals surface area (Å²) in [6, 6.07) is 16.5. The van der Waals surface area contributed by atoms with Gasteiger partial charge in [-0.25, -0.2) is 0 Å². The highest BCUT2D eigenvalue weighted by molar-refractivity contribution is 9.10. The van der Waals surface area contributed by atoms with E-state index in [1.807, 2.05) is 24.3 Å². The Labute approximate surface area is 164 Å². The molecule has 0 amide bonds. The van der Waals surface area contributed by atoms with Gasteiger partial charge in [0, 0.05) is 22.4 Å². The Bertz CT molecular complexity index is 768. The van der Waals surface area contributed by atoms with Gasteiger partial charge in [0.1, 0.15) is 11.9 Å². The van der Waals surface area contributed by atoms with Gasteiger partial charge in [-0.3, -0.25) is 9.69 Å². The third-order valence-electron chi connectivity index (χ3n) is 5.19. The van der Waals surface area contributed by atoms with Crippen LogP contribution in [0.15, 0.2) is 53.0 Å². The van der Waals surface area contributed by atoms with Crippen molar-refractivity contribution in [2.24, 2.45) is 5.92 Å². The molecule has 2 aromatic carbocycles. The van der Waals surface area contributed by atoms with Crippen molar-refractivity contribution in [2.45, 2.75) is 29.9 Å². The second kappa shape index (κ2) is 7.22. The highest BCUT2D eigenvalue weighted by Crippen LogP contribution is 2.44. The van der Waals surface area contributed by atoms with Crippen LogP contribution >= 0.6 is 31.9 Å². The van der Waals surface area contributed by atoms with E-state index < -0.39 is 0 Å². The number of hydrogen-bond donors (Lipinski definition) is 0. The van der Waals surface area contributed by atoms with Gasteiger partial charge in [0.05, 0.1) is 11.6 Å². The Morgan fingerprint density at radius 2 is 2.00 bits per heavy atom. The maximum Gasteiger partial charge on any atom is 0.153 e. The number of piperidine rings is 1. The molecule has 0 spiro atoms. The van der Waals surface area contributed by atoms with Crippen LogP contribution < -0.4 is 4.74 Å². The molecule has 1 heterocycles. The minimum atomic E-state index is 0.103. The number of benzene rings is 2. The SMILES string of the molecule is O=Cc1cc(Br)ccc1O[C@@H]1C[C@H]2CN(Cc3ccccc3)[C@H]1[C@@H]2Br. The molecule has 3 nitrogen and oxygen atoms in total. The Kier molecular flexibility index (Phi) is 4.98. The summed E-state index contributed by atoms with van der Waals surface area (Å²) in [6.45, 7) is 2.03. The smallest absolute Gasteiger partial charge is 0.153 e. The number of likely N-dealkylation sites (tertiary alicyclic amines) is 1. The van der Waals surface area contributed by atoms with Crippen molar-refractivity contribution in [3.63, 3.8) is 0 Å². The van der Waals surface area contributed by atoms with Crippen LogP contribution in [-0.4, -0.2) is 34.7 Å². The van der Waals surface area contributed by atoms with E-state index in [0.717, 1.165) is 30.3 Å². The van der Waals surface area contributed by atoms with E-state index in [2.05, 4.69) is 61.0 Å². The third-order valence-corrected chi connectivity index (χ3v) is 6.97. The standard InChI is InChI=1S/C20H19Br2NO2/c21-16-6-7-17(15(8-16)12-24)25-18-9-14-11-23(20(18)19(14)22)10-13-4-2-1-3-5-13/h1-8,12,14,18-20H,9-11H2/t14-,18+,19+,20+/m0/s1. The van der Waals surface area contributed by atoms with Crippen molar-refractivity contribution in [3.8, 4) is 5.75 Å². The van der Waals surface area contributed by atoms with Gasteiger partial charge in [-0.1, -0.05) is 62.2 Å². The van der Waals surface area contributed by atoms with Crippen molar-refractivity contribution in [1.82, 2.24) is 4.90 Å². The Balaban J connectivity index is 1.53. The third kappa shape index (κ3) is 3.42. The molecule has 1 aliphatic heterocycles. The van der Waals surface area contributed by atoms with Gasteiger partial charge >= 0.3 is 0 Å². The van der Waals surface area contributed by atoms with Crippen LogP contribution in [0.4, 0.5) is 0 Å². The number of carbonyl (C=O) groups is 1. The number of carbonyl (C=O) groups excluding carboxylic acids is 1. The summed E-state index contributed by atoms with van der Waals surface area (Å²) in [7, 11) is 0. The molecule has 0 aromatic heterocycles. The summed E-state index contributed by atoms with van der Waals surface area (Å²) < 4.78 is 7.19. The number of nitrogens with zero attached hydrogens (tertiary/aromatic N) is 1. The first kappa shape index (κ1) is 17.3. The van der Waals surface area contributed by atoms with Crippen molar-refractivity contribution < 1.29 is 9.53 Å². The topological polar surface area (TPSA) is 29.5 Å². The molecule has 2 bridgehead atoms. The van der Waals surface area contributed by atoms with E-state index in [0.29, 0.717) is 28.1 Å². The Morgan fingerprint density at radius 3 is 2.72 bits per heavy atom. The monoisotopic (exact) mass is 463 g/mol. The average Bonchev–Trinajstić information content (AvgIpc) is 3.08. The van der Waals surface area contributed by atoms with Crippen LogP contribution in [0.2, 0.25) is 0 Å². The van der Waals surface area contributed by atoms with E-state index in [1.54, 1.807) is 0 Å². The van der Waals surface area contributed by atoms with Crippen LogP contribution in [0.5, 0.6) is 5.75 Å². The molecular formula is C20H19Br2NO2. The number of aldehydes is 1. The molecule has 0 unspecified atom stereocenters. The highest BCUT2D eigenvalue weighted by Gasteiger charge is 2.52. The van der Waals surface area contributed by atoms with E-state index >= 15 is 0 Å². The van der Waals surface area contributed by atoms with Gasteiger partial charge in [0.25, 0.3) is 0 Å². The zero-order valence-corrected chi connectivity index (χ0v) is 16.8. The molecule has 1 saturated heterocycles. The zero-order chi connectivity index (χ0) is 17.4. The van der Waals surface area contributed by atoms with Crippen LogP contribution in [-0.2, 0) is 6.54 Å². The summed E-state index contributed by atoms with van der Waals surface area (Å²) in [5, 5.41) is 0. The number of fused-ring (bicyclic) bond motifs is 2. The van der Waals surface area contributed by atoms with Gasteiger partial charge in [0.2, 0.25) is 0 Å².